The first-order valence-electron chi connectivity index (χ1n) is 5.64. The number of methoxy groups -OCH3 is 1. The lowest BCUT2D eigenvalue weighted by atomic mass is 10.0. The number of para-hydroxylation sites is 1. The molecule has 0 aromatic heterocycles. The molecule has 5 nitrogen and oxygen atoms in total. The predicted molar refractivity (Wildman–Crippen MR) is 67.6 cm³/mol. The summed E-state index contributed by atoms with van der Waals surface area (Å²) in [6.07, 6.45) is -0.678. The molecule has 0 heterocycles. The Morgan fingerprint density at radius 2 is 1.78 bits per heavy atom. The zero-order chi connectivity index (χ0) is 13.7. The maximum atomic E-state index is 11.8. The number of ether oxygens (including phenoxy) is 1. The van der Waals surface area contributed by atoms with E-state index in [0.717, 1.165) is 4.90 Å². The molecule has 0 fully saturated rings. The van der Waals surface area contributed by atoms with Gasteiger partial charge in [-0.1, -0.05) is 32.0 Å². The van der Waals surface area contributed by atoms with E-state index in [4.69, 9.17) is 0 Å². The van der Waals surface area contributed by atoms with Crippen molar-refractivity contribution in [2.45, 2.75) is 19.9 Å². The Morgan fingerprint density at radius 3 is 2.17 bits per heavy atom. The number of benzene rings is 1. The van der Waals surface area contributed by atoms with Gasteiger partial charge < -0.3 is 9.84 Å². The molecule has 0 aliphatic rings. The standard InChI is InChI=1S/C13H17NO4/c1-9(2)11(12(15)16)14(13(17)18-3)10-7-5-4-6-8-10/h4-9,11H,1-3H3,(H,15,16)/t11-/m0/s1. The molecule has 0 saturated carbocycles. The fourth-order valence-corrected chi connectivity index (χ4v) is 1.76. The lowest BCUT2D eigenvalue weighted by Gasteiger charge is -2.30. The summed E-state index contributed by atoms with van der Waals surface area (Å²) in [5, 5.41) is 9.27. The Balaban J connectivity index is 3.20. The van der Waals surface area contributed by atoms with Gasteiger partial charge in [0.25, 0.3) is 0 Å². The summed E-state index contributed by atoms with van der Waals surface area (Å²) in [5.41, 5.74) is 0.505. The summed E-state index contributed by atoms with van der Waals surface area (Å²) >= 11 is 0. The summed E-state index contributed by atoms with van der Waals surface area (Å²) in [5.74, 6) is -1.29. The predicted octanol–water partition coefficient (Wildman–Crippen LogP) is 2.37. The monoisotopic (exact) mass is 251 g/mol. The van der Waals surface area contributed by atoms with Gasteiger partial charge in [0.05, 0.1) is 7.11 Å². The minimum Gasteiger partial charge on any atom is -0.480 e. The lowest BCUT2D eigenvalue weighted by molar-refractivity contribution is -0.139. The van der Waals surface area contributed by atoms with E-state index < -0.39 is 18.1 Å². The van der Waals surface area contributed by atoms with Gasteiger partial charge in [-0.15, -0.1) is 0 Å². The number of anilines is 1. The van der Waals surface area contributed by atoms with E-state index in [0.29, 0.717) is 5.69 Å². The normalized spacial score (nSPS) is 12.0. The van der Waals surface area contributed by atoms with E-state index in [2.05, 4.69) is 4.74 Å². The smallest absolute Gasteiger partial charge is 0.414 e. The van der Waals surface area contributed by atoms with Crippen molar-refractivity contribution in [3.63, 3.8) is 0 Å². The van der Waals surface area contributed by atoms with Crippen LogP contribution >= 0.6 is 0 Å². The van der Waals surface area contributed by atoms with E-state index in [1.54, 1.807) is 44.2 Å². The Hall–Kier alpha value is -2.04. The number of carboxylic acid groups (broad SMARTS) is 1. The molecule has 0 unspecified atom stereocenters. The number of aliphatic carboxylic acids is 1. The second kappa shape index (κ2) is 6.05. The van der Waals surface area contributed by atoms with Gasteiger partial charge in [0, 0.05) is 5.69 Å². The van der Waals surface area contributed by atoms with Gasteiger partial charge in [-0.25, -0.2) is 9.59 Å². The number of amides is 1. The molecule has 1 rings (SSSR count). The van der Waals surface area contributed by atoms with Crippen LogP contribution in [0.3, 0.4) is 0 Å². The van der Waals surface area contributed by atoms with E-state index >= 15 is 0 Å². The van der Waals surface area contributed by atoms with Crippen molar-refractivity contribution < 1.29 is 19.4 Å². The minimum absolute atomic E-state index is 0.234. The minimum atomic E-state index is -1.06. The molecule has 0 radical (unpaired) electrons. The first-order valence-corrected chi connectivity index (χ1v) is 5.64. The Bertz CT molecular complexity index is 416. The average molecular weight is 251 g/mol. The average Bonchev–Trinajstić information content (AvgIpc) is 2.34. The van der Waals surface area contributed by atoms with Gasteiger partial charge in [0.15, 0.2) is 0 Å². The second-order valence-electron chi connectivity index (χ2n) is 4.20. The third kappa shape index (κ3) is 3.00. The quantitative estimate of drug-likeness (QED) is 0.892. The highest BCUT2D eigenvalue weighted by atomic mass is 16.5. The third-order valence-electron chi connectivity index (χ3n) is 2.57. The molecule has 0 saturated heterocycles. The fourth-order valence-electron chi connectivity index (χ4n) is 1.76. The van der Waals surface area contributed by atoms with Crippen LogP contribution in [0.1, 0.15) is 13.8 Å². The van der Waals surface area contributed by atoms with Gasteiger partial charge in [-0.05, 0) is 18.1 Å². The van der Waals surface area contributed by atoms with Crippen LogP contribution in [0.5, 0.6) is 0 Å². The van der Waals surface area contributed by atoms with Crippen LogP contribution < -0.4 is 4.90 Å². The SMILES string of the molecule is COC(=O)N(c1ccccc1)[C@H](C(=O)O)C(C)C. The first-order chi connectivity index (χ1) is 8.49. The molecular formula is C13H17NO4. The molecule has 1 amide bonds. The molecular weight excluding hydrogens is 234 g/mol. The van der Waals surface area contributed by atoms with E-state index in [1.807, 2.05) is 0 Å². The summed E-state index contributed by atoms with van der Waals surface area (Å²) in [4.78, 5) is 24.3. The highest BCUT2D eigenvalue weighted by molar-refractivity contribution is 5.95. The van der Waals surface area contributed by atoms with Crippen molar-refractivity contribution in [1.29, 1.82) is 0 Å². The molecule has 18 heavy (non-hydrogen) atoms. The zero-order valence-electron chi connectivity index (χ0n) is 10.7. The molecule has 1 atom stereocenters. The van der Waals surface area contributed by atoms with Crippen LogP contribution in [-0.2, 0) is 9.53 Å². The summed E-state index contributed by atoms with van der Waals surface area (Å²) in [6.45, 7) is 3.50. The number of carbonyl (C=O) groups is 2. The van der Waals surface area contributed by atoms with Crippen molar-refractivity contribution in [2.24, 2.45) is 5.92 Å². The maximum Gasteiger partial charge on any atom is 0.414 e. The molecule has 5 heteroatoms. The maximum absolute atomic E-state index is 11.8. The molecule has 0 aliphatic carbocycles. The van der Waals surface area contributed by atoms with Crippen molar-refractivity contribution in [3.8, 4) is 0 Å². The molecule has 1 aromatic carbocycles. The number of hydrogen-bond acceptors (Lipinski definition) is 3. The molecule has 1 aromatic rings. The van der Waals surface area contributed by atoms with Crippen LogP contribution in [0.25, 0.3) is 0 Å². The van der Waals surface area contributed by atoms with Crippen molar-refractivity contribution in [1.82, 2.24) is 0 Å². The number of hydrogen-bond donors (Lipinski definition) is 1. The molecule has 98 valence electrons. The van der Waals surface area contributed by atoms with Gasteiger partial charge in [0.2, 0.25) is 0 Å². The third-order valence-corrected chi connectivity index (χ3v) is 2.57. The van der Waals surface area contributed by atoms with Crippen LogP contribution in [-0.4, -0.2) is 30.3 Å². The van der Waals surface area contributed by atoms with Gasteiger partial charge in [0.1, 0.15) is 6.04 Å². The first kappa shape index (κ1) is 14.0. The summed E-state index contributed by atoms with van der Waals surface area (Å²) in [6, 6.07) is 7.67. The van der Waals surface area contributed by atoms with Crippen molar-refractivity contribution in [2.75, 3.05) is 12.0 Å². The largest absolute Gasteiger partial charge is 0.480 e. The van der Waals surface area contributed by atoms with Crippen LogP contribution in [0.2, 0.25) is 0 Å². The van der Waals surface area contributed by atoms with Crippen LogP contribution in [0, 0.1) is 5.92 Å². The highest BCUT2D eigenvalue weighted by Crippen LogP contribution is 2.22. The molecule has 0 spiro atoms. The topological polar surface area (TPSA) is 66.8 Å². The van der Waals surface area contributed by atoms with E-state index in [-0.39, 0.29) is 5.92 Å². The second-order valence-corrected chi connectivity index (χ2v) is 4.20. The summed E-state index contributed by atoms with van der Waals surface area (Å²) < 4.78 is 4.67. The Labute approximate surface area is 106 Å². The Kier molecular flexibility index (Phi) is 4.71. The van der Waals surface area contributed by atoms with Gasteiger partial charge in [-0.3, -0.25) is 4.90 Å². The van der Waals surface area contributed by atoms with Crippen LogP contribution in [0.15, 0.2) is 30.3 Å². The van der Waals surface area contributed by atoms with Crippen LogP contribution in [0.4, 0.5) is 10.5 Å². The van der Waals surface area contributed by atoms with Crippen molar-refractivity contribution >= 4 is 17.7 Å². The van der Waals surface area contributed by atoms with E-state index in [9.17, 15) is 14.7 Å². The summed E-state index contributed by atoms with van der Waals surface area (Å²) in [7, 11) is 1.23. The number of carbonyl (C=O) groups excluding carboxylic acids is 1. The number of carboxylic acids is 1. The van der Waals surface area contributed by atoms with E-state index in [1.165, 1.54) is 7.11 Å². The molecule has 0 aliphatic heterocycles. The number of nitrogens with zero attached hydrogens (tertiary/aromatic N) is 1. The lowest BCUT2D eigenvalue weighted by Crippen LogP contribution is -2.48. The molecule has 0 bridgehead atoms. The number of rotatable bonds is 4. The fraction of sp³-hybridized carbons (Fsp3) is 0.385. The Morgan fingerprint density at radius 1 is 1.22 bits per heavy atom. The van der Waals surface area contributed by atoms with Gasteiger partial charge >= 0.3 is 12.1 Å². The van der Waals surface area contributed by atoms with Gasteiger partial charge in [-0.2, -0.15) is 0 Å². The highest BCUT2D eigenvalue weighted by Gasteiger charge is 2.34. The molecule has 1 N–H and O–H groups in total. The van der Waals surface area contributed by atoms with Crippen molar-refractivity contribution in [3.05, 3.63) is 30.3 Å². The zero-order valence-corrected chi connectivity index (χ0v) is 10.7.